The lowest BCUT2D eigenvalue weighted by Gasteiger charge is -2.31. The summed E-state index contributed by atoms with van der Waals surface area (Å²) in [7, 11) is 1.73. The van der Waals surface area contributed by atoms with Crippen LogP contribution in [0.2, 0.25) is 0 Å². The van der Waals surface area contributed by atoms with Gasteiger partial charge in [-0.2, -0.15) is 0 Å². The van der Waals surface area contributed by atoms with E-state index in [1.165, 1.54) is 0 Å². The molecule has 0 bridgehead atoms. The van der Waals surface area contributed by atoms with E-state index < -0.39 is 0 Å². The smallest absolute Gasteiger partial charge is 0.228 e. The number of methoxy groups -OCH3 is 1. The van der Waals surface area contributed by atoms with Gasteiger partial charge in [0.2, 0.25) is 5.91 Å². The van der Waals surface area contributed by atoms with Crippen molar-refractivity contribution >= 4 is 24.0 Å². The summed E-state index contributed by atoms with van der Waals surface area (Å²) in [4.78, 5) is 18.2. The minimum Gasteiger partial charge on any atom is -0.397 e. The molecular weight excluding hydrogens is 278 g/mol. The van der Waals surface area contributed by atoms with Crippen LogP contribution in [0.5, 0.6) is 0 Å². The normalized spacial score (nSPS) is 15.8. The second-order valence-corrected chi connectivity index (χ2v) is 5.04. The van der Waals surface area contributed by atoms with E-state index in [0.29, 0.717) is 18.0 Å². The second kappa shape index (κ2) is 8.07. The van der Waals surface area contributed by atoms with Crippen LogP contribution in [0.1, 0.15) is 18.5 Å². The van der Waals surface area contributed by atoms with E-state index in [1.54, 1.807) is 19.4 Å². The number of likely N-dealkylation sites (tertiary alicyclic amines) is 1. The molecule has 2 heterocycles. The van der Waals surface area contributed by atoms with Gasteiger partial charge in [0.15, 0.2) is 0 Å². The molecule has 1 aromatic rings. The first kappa shape index (κ1) is 16.7. The van der Waals surface area contributed by atoms with Crippen molar-refractivity contribution in [1.29, 1.82) is 0 Å². The minimum atomic E-state index is 0. The highest BCUT2D eigenvalue weighted by molar-refractivity contribution is 5.85. The largest absolute Gasteiger partial charge is 0.397 e. The fourth-order valence-corrected chi connectivity index (χ4v) is 2.39. The molecule has 2 rings (SSSR count). The van der Waals surface area contributed by atoms with Gasteiger partial charge in [-0.3, -0.25) is 9.78 Å². The van der Waals surface area contributed by atoms with Crippen molar-refractivity contribution in [3.63, 3.8) is 0 Å². The van der Waals surface area contributed by atoms with E-state index in [2.05, 4.69) is 4.98 Å². The Morgan fingerprint density at radius 2 is 2.15 bits per heavy atom. The number of anilines is 1. The Labute approximate surface area is 125 Å². The van der Waals surface area contributed by atoms with Gasteiger partial charge in [0.05, 0.1) is 18.3 Å². The number of nitrogens with zero attached hydrogens (tertiary/aromatic N) is 2. The first-order chi connectivity index (χ1) is 9.19. The first-order valence-corrected chi connectivity index (χ1v) is 6.66. The Hall–Kier alpha value is -1.33. The van der Waals surface area contributed by atoms with Crippen molar-refractivity contribution in [2.75, 3.05) is 32.5 Å². The van der Waals surface area contributed by atoms with Crippen molar-refractivity contribution in [3.05, 3.63) is 24.0 Å². The van der Waals surface area contributed by atoms with E-state index in [9.17, 15) is 4.79 Å². The summed E-state index contributed by atoms with van der Waals surface area (Å²) in [5, 5.41) is 0. The summed E-state index contributed by atoms with van der Waals surface area (Å²) in [6.45, 7) is 2.44. The molecule has 1 amide bonds. The summed E-state index contributed by atoms with van der Waals surface area (Å²) >= 11 is 0. The lowest BCUT2D eigenvalue weighted by atomic mass is 9.97. The number of aromatic nitrogens is 1. The highest BCUT2D eigenvalue weighted by atomic mass is 35.5. The molecule has 0 saturated carbocycles. The number of hydrogen-bond donors (Lipinski definition) is 1. The SMILES string of the molecule is COCC1CCN(C(=O)Cc2ccc(N)cn2)CC1.Cl. The van der Waals surface area contributed by atoms with Gasteiger partial charge in [-0.1, -0.05) is 0 Å². The molecular formula is C14H22ClN3O2. The van der Waals surface area contributed by atoms with Crippen LogP contribution in [-0.2, 0) is 16.0 Å². The Morgan fingerprint density at radius 1 is 1.45 bits per heavy atom. The van der Waals surface area contributed by atoms with Crippen LogP contribution >= 0.6 is 12.4 Å². The molecule has 5 nitrogen and oxygen atoms in total. The molecule has 1 aliphatic rings. The third-order valence-electron chi connectivity index (χ3n) is 3.55. The molecule has 1 aromatic heterocycles. The van der Waals surface area contributed by atoms with Crippen LogP contribution in [0.15, 0.2) is 18.3 Å². The van der Waals surface area contributed by atoms with Crippen molar-refractivity contribution in [1.82, 2.24) is 9.88 Å². The molecule has 2 N–H and O–H groups in total. The second-order valence-electron chi connectivity index (χ2n) is 5.04. The molecule has 1 fully saturated rings. The topological polar surface area (TPSA) is 68.5 Å². The highest BCUT2D eigenvalue weighted by Crippen LogP contribution is 2.18. The van der Waals surface area contributed by atoms with Gasteiger partial charge in [-0.15, -0.1) is 12.4 Å². The van der Waals surface area contributed by atoms with Crippen molar-refractivity contribution < 1.29 is 9.53 Å². The molecule has 0 aliphatic carbocycles. The lowest BCUT2D eigenvalue weighted by Crippen LogP contribution is -2.40. The summed E-state index contributed by atoms with van der Waals surface area (Å²) in [5.74, 6) is 0.733. The van der Waals surface area contributed by atoms with Gasteiger partial charge in [0, 0.05) is 32.5 Å². The molecule has 6 heteroatoms. The number of amides is 1. The summed E-state index contributed by atoms with van der Waals surface area (Å²) in [5.41, 5.74) is 6.97. The zero-order valence-corrected chi connectivity index (χ0v) is 12.6. The van der Waals surface area contributed by atoms with E-state index >= 15 is 0 Å². The number of piperidine rings is 1. The third kappa shape index (κ3) is 4.65. The fourth-order valence-electron chi connectivity index (χ4n) is 2.39. The molecule has 1 saturated heterocycles. The number of pyridine rings is 1. The molecule has 0 aromatic carbocycles. The Kier molecular flexibility index (Phi) is 6.75. The Bertz CT molecular complexity index is 417. The number of nitrogens with two attached hydrogens (primary N) is 1. The van der Waals surface area contributed by atoms with Crippen LogP contribution in [0, 0.1) is 5.92 Å². The predicted molar refractivity (Wildman–Crippen MR) is 80.8 cm³/mol. The number of carbonyl (C=O) groups is 1. The van der Waals surface area contributed by atoms with Crippen LogP contribution in [0.25, 0.3) is 0 Å². The van der Waals surface area contributed by atoms with Crippen molar-refractivity contribution in [3.8, 4) is 0 Å². The number of halogens is 1. The van der Waals surface area contributed by atoms with Crippen LogP contribution in [-0.4, -0.2) is 42.6 Å². The first-order valence-electron chi connectivity index (χ1n) is 6.66. The van der Waals surface area contributed by atoms with Crippen molar-refractivity contribution in [2.24, 2.45) is 5.92 Å². The fraction of sp³-hybridized carbons (Fsp3) is 0.571. The van der Waals surface area contributed by atoms with Crippen LogP contribution in [0.3, 0.4) is 0 Å². The Balaban J connectivity index is 0.00000200. The molecule has 0 radical (unpaired) electrons. The quantitative estimate of drug-likeness (QED) is 0.915. The average Bonchev–Trinajstić information content (AvgIpc) is 2.42. The van der Waals surface area contributed by atoms with Gasteiger partial charge in [0.1, 0.15) is 0 Å². The monoisotopic (exact) mass is 299 g/mol. The van der Waals surface area contributed by atoms with Gasteiger partial charge < -0.3 is 15.4 Å². The highest BCUT2D eigenvalue weighted by Gasteiger charge is 2.22. The third-order valence-corrected chi connectivity index (χ3v) is 3.55. The number of carbonyl (C=O) groups excluding carboxylic acids is 1. The Morgan fingerprint density at radius 3 is 2.70 bits per heavy atom. The van der Waals surface area contributed by atoms with Gasteiger partial charge in [-0.05, 0) is 30.9 Å². The maximum Gasteiger partial charge on any atom is 0.228 e. The predicted octanol–water partition coefficient (Wildman–Crippen LogP) is 1.51. The van der Waals surface area contributed by atoms with E-state index in [4.69, 9.17) is 10.5 Å². The number of ether oxygens (including phenoxy) is 1. The molecule has 1 aliphatic heterocycles. The lowest BCUT2D eigenvalue weighted by molar-refractivity contribution is -0.132. The molecule has 0 atom stereocenters. The summed E-state index contributed by atoms with van der Waals surface area (Å²) in [6, 6.07) is 3.59. The van der Waals surface area contributed by atoms with Gasteiger partial charge in [-0.25, -0.2) is 0 Å². The van der Waals surface area contributed by atoms with Crippen molar-refractivity contribution in [2.45, 2.75) is 19.3 Å². The maximum atomic E-state index is 12.1. The zero-order valence-electron chi connectivity index (χ0n) is 11.7. The zero-order chi connectivity index (χ0) is 13.7. The van der Waals surface area contributed by atoms with E-state index in [1.807, 2.05) is 11.0 Å². The molecule has 0 spiro atoms. The number of nitrogen functional groups attached to an aromatic ring is 1. The summed E-state index contributed by atoms with van der Waals surface area (Å²) in [6.07, 6.45) is 3.99. The summed E-state index contributed by atoms with van der Waals surface area (Å²) < 4.78 is 5.16. The van der Waals surface area contributed by atoms with Crippen LogP contribution < -0.4 is 5.73 Å². The standard InChI is InChI=1S/C14H21N3O2.ClH/c1-19-10-11-4-6-17(7-5-11)14(18)8-13-3-2-12(15)9-16-13;/h2-3,9,11H,4-8,10,15H2,1H3;1H. The minimum absolute atomic E-state index is 0. The molecule has 112 valence electrons. The van der Waals surface area contributed by atoms with Gasteiger partial charge in [0.25, 0.3) is 0 Å². The van der Waals surface area contributed by atoms with Crippen LogP contribution in [0.4, 0.5) is 5.69 Å². The molecule has 20 heavy (non-hydrogen) atoms. The molecule has 0 unspecified atom stereocenters. The van der Waals surface area contributed by atoms with E-state index in [-0.39, 0.29) is 18.3 Å². The maximum absolute atomic E-state index is 12.1. The average molecular weight is 300 g/mol. The number of rotatable bonds is 4. The number of hydrogen-bond acceptors (Lipinski definition) is 4. The van der Waals surface area contributed by atoms with Gasteiger partial charge >= 0.3 is 0 Å². The van der Waals surface area contributed by atoms with E-state index in [0.717, 1.165) is 38.2 Å².